The van der Waals surface area contributed by atoms with Crippen LogP contribution >= 0.6 is 0 Å². The van der Waals surface area contributed by atoms with Crippen molar-refractivity contribution in [2.75, 3.05) is 11.5 Å². The molecule has 0 bridgehead atoms. The molecule has 1 heterocycles. The molecule has 1 aromatic rings. The highest BCUT2D eigenvalue weighted by molar-refractivity contribution is 7.91. The van der Waals surface area contributed by atoms with Crippen molar-refractivity contribution in [2.24, 2.45) is 5.92 Å². The number of sulfone groups is 1. The van der Waals surface area contributed by atoms with Gasteiger partial charge in [-0.2, -0.15) is 0 Å². The molecule has 0 spiro atoms. The van der Waals surface area contributed by atoms with Crippen molar-refractivity contribution in [2.45, 2.75) is 27.3 Å². The van der Waals surface area contributed by atoms with Gasteiger partial charge >= 0.3 is 0 Å². The molecule has 0 amide bonds. The van der Waals surface area contributed by atoms with Crippen LogP contribution < -0.4 is 0 Å². The smallest absolute Gasteiger partial charge is 0.166 e. The van der Waals surface area contributed by atoms with Gasteiger partial charge in [-0.25, -0.2) is 8.42 Å². The number of carbonyl (C=O) groups is 1. The van der Waals surface area contributed by atoms with Crippen LogP contribution in [-0.4, -0.2) is 30.3 Å². The van der Waals surface area contributed by atoms with E-state index >= 15 is 0 Å². The summed E-state index contributed by atoms with van der Waals surface area (Å²) < 4.78 is 24.4. The second kappa shape index (κ2) is 5.49. The Morgan fingerprint density at radius 3 is 2.59 bits per heavy atom. The van der Waals surface area contributed by atoms with Gasteiger partial charge in [0.15, 0.2) is 15.6 Å². The molecule has 0 atom stereocenters. The number of ketones is 1. The van der Waals surface area contributed by atoms with Gasteiger partial charge in [-0.1, -0.05) is 20.8 Å². The lowest BCUT2D eigenvalue weighted by Gasteiger charge is -2.03. The van der Waals surface area contributed by atoms with Crippen LogP contribution in [-0.2, 0) is 16.4 Å². The largest absolute Gasteiger partial charge is 0.352 e. The van der Waals surface area contributed by atoms with Crippen molar-refractivity contribution in [1.82, 2.24) is 4.57 Å². The van der Waals surface area contributed by atoms with E-state index in [9.17, 15) is 13.2 Å². The Morgan fingerprint density at radius 1 is 1.41 bits per heavy atom. The summed E-state index contributed by atoms with van der Waals surface area (Å²) in [5.41, 5.74) is 0.647. The molecule has 4 nitrogen and oxygen atoms in total. The Balaban J connectivity index is 2.67. The Bertz CT molecular complexity index is 486. The molecular formula is C12H19NO3S. The third-order valence-electron chi connectivity index (χ3n) is 2.66. The minimum atomic E-state index is -2.95. The van der Waals surface area contributed by atoms with E-state index in [-0.39, 0.29) is 23.2 Å². The lowest BCUT2D eigenvalue weighted by molar-refractivity contribution is 0.0939. The zero-order valence-electron chi connectivity index (χ0n) is 10.5. The van der Waals surface area contributed by atoms with E-state index < -0.39 is 9.84 Å². The molecule has 1 rings (SSSR count). The SMILES string of the molecule is CCS(=O)(=O)CCn1ccc(C(=O)C(C)C)c1. The molecular weight excluding hydrogens is 238 g/mol. The van der Waals surface area contributed by atoms with Gasteiger partial charge in [0.2, 0.25) is 0 Å². The summed E-state index contributed by atoms with van der Waals surface area (Å²) in [4.78, 5) is 11.7. The van der Waals surface area contributed by atoms with Crippen LogP contribution in [0.5, 0.6) is 0 Å². The van der Waals surface area contributed by atoms with Crippen LogP contribution in [0.1, 0.15) is 31.1 Å². The van der Waals surface area contributed by atoms with E-state index in [0.717, 1.165) is 0 Å². The van der Waals surface area contributed by atoms with E-state index in [1.54, 1.807) is 30.0 Å². The van der Waals surface area contributed by atoms with Crippen LogP contribution in [0, 0.1) is 5.92 Å². The van der Waals surface area contributed by atoms with E-state index in [1.807, 2.05) is 13.8 Å². The lowest BCUT2D eigenvalue weighted by Crippen LogP contribution is -2.14. The zero-order chi connectivity index (χ0) is 13.1. The maximum Gasteiger partial charge on any atom is 0.166 e. The topological polar surface area (TPSA) is 56.1 Å². The molecule has 0 fully saturated rings. The predicted molar refractivity (Wildman–Crippen MR) is 67.9 cm³/mol. The predicted octanol–water partition coefficient (Wildman–Crippen LogP) is 1.76. The summed E-state index contributed by atoms with van der Waals surface area (Å²) in [6, 6.07) is 1.74. The Kier molecular flexibility index (Phi) is 4.51. The van der Waals surface area contributed by atoms with E-state index in [0.29, 0.717) is 12.1 Å². The van der Waals surface area contributed by atoms with Gasteiger partial charge in [-0.05, 0) is 6.07 Å². The third-order valence-corrected chi connectivity index (χ3v) is 4.34. The van der Waals surface area contributed by atoms with Crippen molar-refractivity contribution in [3.8, 4) is 0 Å². The molecule has 0 saturated carbocycles. The number of Topliss-reactive ketones (excluding diaryl/α,β-unsaturated/α-hetero) is 1. The number of nitrogens with zero attached hydrogens (tertiary/aromatic N) is 1. The number of carbonyl (C=O) groups excluding carboxylic acids is 1. The molecule has 0 radical (unpaired) electrons. The van der Waals surface area contributed by atoms with Gasteiger partial charge in [0.1, 0.15) is 0 Å². The first-order chi connectivity index (χ1) is 7.85. The molecule has 17 heavy (non-hydrogen) atoms. The fourth-order valence-electron chi connectivity index (χ4n) is 1.45. The van der Waals surface area contributed by atoms with Crippen molar-refractivity contribution in [1.29, 1.82) is 0 Å². The maximum absolute atomic E-state index is 11.7. The summed E-state index contributed by atoms with van der Waals surface area (Å²) in [7, 11) is -2.95. The first-order valence-electron chi connectivity index (χ1n) is 5.76. The summed E-state index contributed by atoms with van der Waals surface area (Å²) >= 11 is 0. The molecule has 0 aliphatic carbocycles. The summed E-state index contributed by atoms with van der Waals surface area (Å²) in [5, 5.41) is 0. The monoisotopic (exact) mass is 257 g/mol. The lowest BCUT2D eigenvalue weighted by atomic mass is 10.0. The molecule has 0 N–H and O–H groups in total. The minimum Gasteiger partial charge on any atom is -0.352 e. The third kappa shape index (κ3) is 4.00. The van der Waals surface area contributed by atoms with Crippen LogP contribution in [0.25, 0.3) is 0 Å². The van der Waals surface area contributed by atoms with E-state index in [2.05, 4.69) is 0 Å². The molecule has 0 aliphatic heterocycles. The fraction of sp³-hybridized carbons (Fsp3) is 0.583. The molecule has 5 heteroatoms. The number of hydrogen-bond donors (Lipinski definition) is 0. The minimum absolute atomic E-state index is 0.0368. The van der Waals surface area contributed by atoms with Gasteiger partial charge < -0.3 is 4.57 Å². The number of aromatic nitrogens is 1. The fourth-order valence-corrected chi connectivity index (χ4v) is 2.23. The molecule has 0 aliphatic rings. The standard InChI is InChI=1S/C12H19NO3S/c1-4-17(15,16)8-7-13-6-5-11(9-13)12(14)10(2)3/h5-6,9-10H,4,7-8H2,1-3H3. The average Bonchev–Trinajstić information content (AvgIpc) is 2.74. The van der Waals surface area contributed by atoms with Crippen LogP contribution in [0.3, 0.4) is 0 Å². The van der Waals surface area contributed by atoms with Gasteiger partial charge in [0, 0.05) is 36.2 Å². The first kappa shape index (κ1) is 14.0. The van der Waals surface area contributed by atoms with Crippen molar-refractivity contribution in [3.05, 3.63) is 24.0 Å². The highest BCUT2D eigenvalue weighted by Crippen LogP contribution is 2.09. The number of hydrogen-bond acceptors (Lipinski definition) is 3. The van der Waals surface area contributed by atoms with Crippen LogP contribution in [0.15, 0.2) is 18.5 Å². The second-order valence-electron chi connectivity index (χ2n) is 4.39. The van der Waals surface area contributed by atoms with E-state index in [1.165, 1.54) is 0 Å². The Labute approximate surface area is 103 Å². The second-order valence-corrected chi connectivity index (χ2v) is 6.87. The first-order valence-corrected chi connectivity index (χ1v) is 7.58. The molecule has 0 aromatic carbocycles. The van der Waals surface area contributed by atoms with Gasteiger partial charge in [0.05, 0.1) is 5.75 Å². The van der Waals surface area contributed by atoms with E-state index in [4.69, 9.17) is 0 Å². The maximum atomic E-state index is 11.7. The van der Waals surface area contributed by atoms with Gasteiger partial charge in [0.25, 0.3) is 0 Å². The van der Waals surface area contributed by atoms with Crippen LogP contribution in [0.4, 0.5) is 0 Å². The highest BCUT2D eigenvalue weighted by Gasteiger charge is 2.12. The molecule has 96 valence electrons. The summed E-state index contributed by atoms with van der Waals surface area (Å²) in [6.45, 7) is 5.74. The molecule has 0 unspecified atom stereocenters. The summed E-state index contributed by atoms with van der Waals surface area (Å²) in [5.74, 6) is 0.326. The quantitative estimate of drug-likeness (QED) is 0.730. The molecule has 0 saturated heterocycles. The van der Waals surface area contributed by atoms with Crippen molar-refractivity contribution >= 4 is 15.6 Å². The van der Waals surface area contributed by atoms with Gasteiger partial charge in [-0.15, -0.1) is 0 Å². The Morgan fingerprint density at radius 2 is 2.06 bits per heavy atom. The van der Waals surface area contributed by atoms with Crippen molar-refractivity contribution in [3.63, 3.8) is 0 Å². The van der Waals surface area contributed by atoms with Crippen LogP contribution in [0.2, 0.25) is 0 Å². The van der Waals surface area contributed by atoms with Gasteiger partial charge in [-0.3, -0.25) is 4.79 Å². The Hall–Kier alpha value is -1.10. The average molecular weight is 257 g/mol. The number of rotatable bonds is 6. The zero-order valence-corrected chi connectivity index (χ0v) is 11.3. The van der Waals surface area contributed by atoms with Crippen molar-refractivity contribution < 1.29 is 13.2 Å². The summed E-state index contributed by atoms with van der Waals surface area (Å²) in [6.07, 6.45) is 3.47. The highest BCUT2D eigenvalue weighted by atomic mass is 32.2. The number of aryl methyl sites for hydroxylation is 1. The normalized spacial score (nSPS) is 12.0. The molecule has 1 aromatic heterocycles.